The van der Waals surface area contributed by atoms with Crippen LogP contribution in [-0.4, -0.2) is 36.1 Å². The van der Waals surface area contributed by atoms with Crippen molar-refractivity contribution in [3.05, 3.63) is 53.2 Å². The maximum Gasteiger partial charge on any atom is 0.236 e. The molecule has 6 heteroatoms. The lowest BCUT2D eigenvalue weighted by atomic mass is 10.0. The fourth-order valence-corrected chi connectivity index (χ4v) is 4.18. The lowest BCUT2D eigenvalue weighted by Crippen LogP contribution is -2.41. The highest BCUT2D eigenvalue weighted by Gasteiger charge is 2.22. The number of nitrogens with zero attached hydrogens (tertiary/aromatic N) is 2. The maximum absolute atomic E-state index is 5.89. The molecule has 0 unspecified atom stereocenters. The van der Waals surface area contributed by atoms with Gasteiger partial charge in [0.05, 0.1) is 17.7 Å². The molecule has 5 nitrogen and oxygen atoms in total. The monoisotopic (exact) mass is 383 g/mol. The van der Waals surface area contributed by atoms with Crippen molar-refractivity contribution in [2.45, 2.75) is 32.4 Å². The quantitative estimate of drug-likeness (QED) is 0.663. The number of likely N-dealkylation sites (tertiary alicyclic amines) is 1. The third kappa shape index (κ3) is 4.34. The highest BCUT2D eigenvalue weighted by molar-refractivity contribution is 7.13. The number of oxazole rings is 1. The van der Waals surface area contributed by atoms with Gasteiger partial charge in [-0.3, -0.25) is 4.90 Å². The number of nitrogens with one attached hydrogen (secondary N) is 1. The summed E-state index contributed by atoms with van der Waals surface area (Å²) in [6.45, 7) is 4.95. The SMILES string of the molecule is COc1ccc(N[C@@H]2CCCN(Cc3nc(-c4cccs4)oc3C)C2)cc1. The minimum atomic E-state index is 0.441. The summed E-state index contributed by atoms with van der Waals surface area (Å²) in [6.07, 6.45) is 2.36. The summed E-state index contributed by atoms with van der Waals surface area (Å²) in [5.74, 6) is 2.54. The first-order chi connectivity index (χ1) is 13.2. The Balaban J connectivity index is 1.38. The molecule has 1 aliphatic rings. The summed E-state index contributed by atoms with van der Waals surface area (Å²) < 4.78 is 11.1. The average Bonchev–Trinajstić information content (AvgIpc) is 3.33. The van der Waals surface area contributed by atoms with E-state index in [0.29, 0.717) is 6.04 Å². The molecule has 3 aromatic rings. The Morgan fingerprint density at radius 2 is 2.15 bits per heavy atom. The number of anilines is 1. The standard InChI is InChI=1S/C21H25N3O2S/c1-15-19(23-21(26-15)20-6-4-12-27-20)14-24-11-3-5-17(13-24)22-16-7-9-18(25-2)10-8-16/h4,6-10,12,17,22H,3,5,11,13-14H2,1-2H3/t17-/m1/s1. The van der Waals surface area contributed by atoms with Gasteiger partial charge in [-0.05, 0) is 62.0 Å². The van der Waals surface area contributed by atoms with Gasteiger partial charge in [-0.2, -0.15) is 0 Å². The predicted octanol–water partition coefficient (Wildman–Crippen LogP) is 4.80. The summed E-state index contributed by atoms with van der Waals surface area (Å²) >= 11 is 1.66. The van der Waals surface area contributed by atoms with Gasteiger partial charge in [0.2, 0.25) is 5.89 Å². The molecule has 0 radical (unpaired) electrons. The Hall–Kier alpha value is -2.31. The van der Waals surface area contributed by atoms with Crippen LogP contribution in [0.15, 0.2) is 46.2 Å². The van der Waals surface area contributed by atoms with Crippen LogP contribution in [0.25, 0.3) is 10.8 Å². The van der Waals surface area contributed by atoms with Gasteiger partial charge in [0.25, 0.3) is 0 Å². The molecule has 0 aliphatic carbocycles. The average molecular weight is 384 g/mol. The normalized spacial score (nSPS) is 17.8. The molecule has 0 spiro atoms. The van der Waals surface area contributed by atoms with Gasteiger partial charge in [-0.1, -0.05) is 6.07 Å². The van der Waals surface area contributed by atoms with Gasteiger partial charge in [-0.15, -0.1) is 11.3 Å². The number of benzene rings is 1. The maximum atomic E-state index is 5.89. The Morgan fingerprint density at radius 3 is 2.89 bits per heavy atom. The molecule has 0 amide bonds. The van der Waals surface area contributed by atoms with Gasteiger partial charge in [0.15, 0.2) is 0 Å². The zero-order chi connectivity index (χ0) is 18.6. The van der Waals surface area contributed by atoms with Crippen molar-refractivity contribution in [3.8, 4) is 16.5 Å². The molecule has 1 atom stereocenters. The second kappa shape index (κ2) is 8.15. The Labute approximate surface area is 164 Å². The molecular weight excluding hydrogens is 358 g/mol. The second-order valence-corrected chi connectivity index (χ2v) is 7.89. The summed E-state index contributed by atoms with van der Waals surface area (Å²) in [4.78, 5) is 8.29. The largest absolute Gasteiger partial charge is 0.497 e. The molecule has 3 heterocycles. The fourth-order valence-electron chi connectivity index (χ4n) is 3.53. The first-order valence-corrected chi connectivity index (χ1v) is 10.2. The summed E-state index contributed by atoms with van der Waals surface area (Å²) in [5.41, 5.74) is 2.18. The Bertz CT molecular complexity index is 858. The number of hydrogen-bond acceptors (Lipinski definition) is 6. The van der Waals surface area contributed by atoms with Crippen LogP contribution in [0, 0.1) is 6.92 Å². The number of thiophene rings is 1. The van der Waals surface area contributed by atoms with E-state index in [1.54, 1.807) is 18.4 Å². The first-order valence-electron chi connectivity index (χ1n) is 9.34. The van der Waals surface area contributed by atoms with E-state index >= 15 is 0 Å². The Kier molecular flexibility index (Phi) is 5.45. The van der Waals surface area contributed by atoms with Crippen molar-refractivity contribution in [3.63, 3.8) is 0 Å². The van der Waals surface area contributed by atoms with Gasteiger partial charge >= 0.3 is 0 Å². The number of aryl methyl sites for hydroxylation is 1. The molecule has 27 heavy (non-hydrogen) atoms. The zero-order valence-corrected chi connectivity index (χ0v) is 16.6. The lowest BCUT2D eigenvalue weighted by Gasteiger charge is -2.33. The van der Waals surface area contributed by atoms with Crippen LogP contribution in [0.4, 0.5) is 5.69 Å². The van der Waals surface area contributed by atoms with E-state index in [0.717, 1.165) is 53.3 Å². The minimum absolute atomic E-state index is 0.441. The van der Waals surface area contributed by atoms with Gasteiger partial charge in [-0.25, -0.2) is 4.98 Å². The van der Waals surface area contributed by atoms with Crippen LogP contribution < -0.4 is 10.1 Å². The number of aromatic nitrogens is 1. The van der Waals surface area contributed by atoms with E-state index < -0.39 is 0 Å². The third-order valence-electron chi connectivity index (χ3n) is 4.96. The van der Waals surface area contributed by atoms with E-state index in [9.17, 15) is 0 Å². The number of hydrogen-bond donors (Lipinski definition) is 1. The van der Waals surface area contributed by atoms with Crippen LogP contribution in [0.1, 0.15) is 24.3 Å². The van der Waals surface area contributed by atoms with Crippen LogP contribution in [0.2, 0.25) is 0 Å². The molecule has 0 saturated carbocycles. The third-order valence-corrected chi connectivity index (χ3v) is 5.82. The zero-order valence-electron chi connectivity index (χ0n) is 15.8. The molecule has 2 aromatic heterocycles. The molecule has 1 fully saturated rings. The number of ether oxygens (including phenoxy) is 1. The lowest BCUT2D eigenvalue weighted by molar-refractivity contribution is 0.206. The topological polar surface area (TPSA) is 50.5 Å². The number of methoxy groups -OCH3 is 1. The van der Waals surface area contributed by atoms with Gasteiger partial charge in [0.1, 0.15) is 11.5 Å². The van der Waals surface area contributed by atoms with Crippen LogP contribution in [0.5, 0.6) is 5.75 Å². The summed E-state index contributed by atoms with van der Waals surface area (Å²) in [7, 11) is 1.69. The van der Waals surface area contributed by atoms with E-state index in [2.05, 4.69) is 33.8 Å². The summed E-state index contributed by atoms with van der Waals surface area (Å²) in [6, 6.07) is 12.7. The van der Waals surface area contributed by atoms with Crippen LogP contribution in [0.3, 0.4) is 0 Å². The second-order valence-electron chi connectivity index (χ2n) is 6.95. The fraction of sp³-hybridized carbons (Fsp3) is 0.381. The van der Waals surface area contributed by atoms with E-state index in [1.165, 1.54) is 12.8 Å². The van der Waals surface area contributed by atoms with Gasteiger partial charge < -0.3 is 14.5 Å². The van der Waals surface area contributed by atoms with Crippen LogP contribution in [-0.2, 0) is 6.54 Å². The molecule has 0 bridgehead atoms. The predicted molar refractivity (Wildman–Crippen MR) is 109 cm³/mol. The minimum Gasteiger partial charge on any atom is -0.497 e. The molecule has 142 valence electrons. The van der Waals surface area contributed by atoms with Crippen molar-refractivity contribution in [1.82, 2.24) is 9.88 Å². The molecule has 1 aromatic carbocycles. The summed E-state index contributed by atoms with van der Waals surface area (Å²) in [5, 5.41) is 5.70. The molecule has 1 saturated heterocycles. The van der Waals surface area contributed by atoms with Crippen molar-refractivity contribution in [2.24, 2.45) is 0 Å². The van der Waals surface area contributed by atoms with Crippen LogP contribution >= 0.6 is 11.3 Å². The van der Waals surface area contributed by atoms with E-state index in [4.69, 9.17) is 14.1 Å². The molecular formula is C21H25N3O2S. The highest BCUT2D eigenvalue weighted by Crippen LogP contribution is 2.27. The van der Waals surface area contributed by atoms with E-state index in [-0.39, 0.29) is 0 Å². The highest BCUT2D eigenvalue weighted by atomic mass is 32.1. The molecule has 1 aliphatic heterocycles. The first kappa shape index (κ1) is 18.1. The van der Waals surface area contributed by atoms with Crippen molar-refractivity contribution in [1.29, 1.82) is 0 Å². The van der Waals surface area contributed by atoms with Crippen molar-refractivity contribution in [2.75, 3.05) is 25.5 Å². The molecule has 1 N–H and O–H groups in total. The van der Waals surface area contributed by atoms with Crippen molar-refractivity contribution >= 4 is 17.0 Å². The van der Waals surface area contributed by atoms with Crippen molar-refractivity contribution < 1.29 is 9.15 Å². The van der Waals surface area contributed by atoms with Gasteiger partial charge in [0, 0.05) is 24.8 Å². The smallest absolute Gasteiger partial charge is 0.236 e. The Morgan fingerprint density at radius 1 is 1.30 bits per heavy atom. The van der Waals surface area contributed by atoms with E-state index in [1.807, 2.05) is 25.1 Å². The number of rotatable bonds is 6. The number of piperidine rings is 1. The molecule has 4 rings (SSSR count).